The molecule has 0 saturated carbocycles. The second-order valence-electron chi connectivity index (χ2n) is 6.31. The molecule has 6 heteroatoms. The molecule has 144 valence electrons. The van der Waals surface area contributed by atoms with Crippen LogP contribution in [0.15, 0.2) is 42.5 Å². The van der Waals surface area contributed by atoms with Crippen LogP contribution in [0.5, 0.6) is 5.75 Å². The second kappa shape index (κ2) is 10.3. The highest BCUT2D eigenvalue weighted by molar-refractivity contribution is 5.96. The van der Waals surface area contributed by atoms with Crippen molar-refractivity contribution >= 4 is 11.8 Å². The largest absolute Gasteiger partial charge is 0.496 e. The summed E-state index contributed by atoms with van der Waals surface area (Å²) in [6.45, 7) is 3.20. The summed E-state index contributed by atoms with van der Waals surface area (Å²) in [5.41, 5.74) is 1.55. The number of carbonyl (C=O) groups excluding carboxylic acids is 2. The Morgan fingerprint density at radius 1 is 1.11 bits per heavy atom. The fourth-order valence-corrected chi connectivity index (χ4v) is 2.68. The number of amides is 2. The molecule has 0 aliphatic heterocycles. The zero-order valence-corrected chi connectivity index (χ0v) is 16.2. The Bertz CT molecular complexity index is 777. The zero-order valence-electron chi connectivity index (χ0n) is 16.2. The van der Waals surface area contributed by atoms with Crippen LogP contribution >= 0.6 is 0 Å². The summed E-state index contributed by atoms with van der Waals surface area (Å²) < 4.78 is 5.31. The molecule has 0 spiro atoms. The van der Waals surface area contributed by atoms with Crippen LogP contribution < -0.4 is 10.1 Å². The number of benzene rings is 1. The van der Waals surface area contributed by atoms with E-state index in [0.29, 0.717) is 19.5 Å². The molecule has 0 bridgehead atoms. The number of hydrogen-bond donors (Lipinski definition) is 1. The highest BCUT2D eigenvalue weighted by atomic mass is 16.5. The molecule has 1 aromatic heterocycles. The maximum Gasteiger partial charge on any atom is 0.272 e. The lowest BCUT2D eigenvalue weighted by molar-refractivity contribution is 0.0787. The summed E-state index contributed by atoms with van der Waals surface area (Å²) in [5, 5.41) is 2.85. The maximum absolute atomic E-state index is 12.4. The van der Waals surface area contributed by atoms with Crippen LogP contribution in [0, 0.1) is 0 Å². The van der Waals surface area contributed by atoms with E-state index >= 15 is 0 Å². The van der Waals surface area contributed by atoms with Gasteiger partial charge in [0.15, 0.2) is 0 Å². The van der Waals surface area contributed by atoms with Gasteiger partial charge < -0.3 is 15.0 Å². The summed E-state index contributed by atoms with van der Waals surface area (Å²) in [4.78, 5) is 30.7. The van der Waals surface area contributed by atoms with Crippen molar-refractivity contribution in [2.75, 3.05) is 27.2 Å². The number of unbranched alkanes of at least 4 members (excludes halogenated alkanes) is 1. The van der Waals surface area contributed by atoms with Crippen molar-refractivity contribution in [1.82, 2.24) is 15.2 Å². The number of hydrogen-bond acceptors (Lipinski definition) is 4. The van der Waals surface area contributed by atoms with Crippen LogP contribution in [-0.2, 0) is 6.42 Å². The van der Waals surface area contributed by atoms with E-state index in [2.05, 4.69) is 17.2 Å². The van der Waals surface area contributed by atoms with Crippen molar-refractivity contribution < 1.29 is 14.3 Å². The van der Waals surface area contributed by atoms with Gasteiger partial charge in [0, 0.05) is 20.1 Å². The van der Waals surface area contributed by atoms with Crippen molar-refractivity contribution in [3.05, 3.63) is 59.4 Å². The third-order valence-corrected chi connectivity index (χ3v) is 4.27. The van der Waals surface area contributed by atoms with Gasteiger partial charge in [0.25, 0.3) is 11.8 Å². The van der Waals surface area contributed by atoms with Crippen LogP contribution in [0.3, 0.4) is 0 Å². The van der Waals surface area contributed by atoms with Crippen molar-refractivity contribution in [2.45, 2.75) is 26.2 Å². The molecule has 0 aliphatic rings. The van der Waals surface area contributed by atoms with Crippen LogP contribution in [0.4, 0.5) is 0 Å². The lowest BCUT2D eigenvalue weighted by Crippen LogP contribution is -2.30. The third kappa shape index (κ3) is 5.81. The van der Waals surface area contributed by atoms with Crippen molar-refractivity contribution in [2.24, 2.45) is 0 Å². The molecule has 2 aromatic rings. The summed E-state index contributed by atoms with van der Waals surface area (Å²) in [7, 11) is 3.38. The Morgan fingerprint density at radius 2 is 1.85 bits per heavy atom. The van der Waals surface area contributed by atoms with Gasteiger partial charge in [-0.1, -0.05) is 37.6 Å². The third-order valence-electron chi connectivity index (χ3n) is 4.27. The lowest BCUT2D eigenvalue weighted by atomic mass is 10.1. The first-order valence-corrected chi connectivity index (χ1v) is 9.19. The summed E-state index contributed by atoms with van der Waals surface area (Å²) in [6, 6.07) is 12.6. The molecule has 1 N–H and O–H groups in total. The van der Waals surface area contributed by atoms with E-state index in [1.54, 1.807) is 37.3 Å². The van der Waals surface area contributed by atoms with E-state index in [1.807, 2.05) is 24.3 Å². The molecule has 2 rings (SSSR count). The smallest absolute Gasteiger partial charge is 0.272 e. The van der Waals surface area contributed by atoms with Gasteiger partial charge in [0.2, 0.25) is 0 Å². The first kappa shape index (κ1) is 20.4. The van der Waals surface area contributed by atoms with Crippen LogP contribution in [-0.4, -0.2) is 48.9 Å². The van der Waals surface area contributed by atoms with Gasteiger partial charge in [-0.15, -0.1) is 0 Å². The Hall–Kier alpha value is -2.89. The summed E-state index contributed by atoms with van der Waals surface area (Å²) >= 11 is 0. The van der Waals surface area contributed by atoms with Crippen LogP contribution in [0.2, 0.25) is 0 Å². The SMILES string of the molecule is CCCCN(C)C(=O)c1cccc(C(=O)NCCc2ccccc2OC)n1. The Balaban J connectivity index is 1.95. The molecular formula is C21H27N3O3. The number of para-hydroxylation sites is 1. The van der Waals surface area contributed by atoms with Gasteiger partial charge in [-0.05, 0) is 36.6 Å². The molecule has 27 heavy (non-hydrogen) atoms. The minimum absolute atomic E-state index is 0.174. The fourth-order valence-electron chi connectivity index (χ4n) is 2.68. The van der Waals surface area contributed by atoms with Gasteiger partial charge in [-0.25, -0.2) is 4.98 Å². The van der Waals surface area contributed by atoms with Crippen LogP contribution in [0.25, 0.3) is 0 Å². The van der Waals surface area contributed by atoms with E-state index in [9.17, 15) is 9.59 Å². The predicted octanol–water partition coefficient (Wildman–Crippen LogP) is 2.93. The van der Waals surface area contributed by atoms with Crippen molar-refractivity contribution in [3.8, 4) is 5.75 Å². The first-order chi connectivity index (χ1) is 13.1. The molecular weight excluding hydrogens is 342 g/mol. The van der Waals surface area contributed by atoms with Crippen molar-refractivity contribution in [1.29, 1.82) is 0 Å². The number of pyridine rings is 1. The first-order valence-electron chi connectivity index (χ1n) is 9.19. The summed E-state index contributed by atoms with van der Waals surface area (Å²) in [6.07, 6.45) is 2.60. The standard InChI is InChI=1S/C21H27N3O3/c1-4-5-15-24(2)21(26)18-11-8-10-17(23-18)20(25)22-14-13-16-9-6-7-12-19(16)27-3/h6-12H,4-5,13-15H2,1-3H3,(H,22,25). The van der Waals surface area contributed by atoms with Gasteiger partial charge in [-0.3, -0.25) is 9.59 Å². The number of nitrogens with zero attached hydrogens (tertiary/aromatic N) is 2. The minimum Gasteiger partial charge on any atom is -0.496 e. The number of ether oxygens (including phenoxy) is 1. The number of methoxy groups -OCH3 is 1. The van der Waals surface area contributed by atoms with E-state index in [-0.39, 0.29) is 23.2 Å². The molecule has 0 fully saturated rings. The Labute approximate surface area is 160 Å². The van der Waals surface area contributed by atoms with E-state index in [0.717, 1.165) is 24.2 Å². The monoisotopic (exact) mass is 369 g/mol. The average Bonchev–Trinajstić information content (AvgIpc) is 2.71. The predicted molar refractivity (Wildman–Crippen MR) is 105 cm³/mol. The Kier molecular flexibility index (Phi) is 7.79. The van der Waals surface area contributed by atoms with Gasteiger partial charge >= 0.3 is 0 Å². The molecule has 0 aliphatic carbocycles. The lowest BCUT2D eigenvalue weighted by Gasteiger charge is -2.16. The molecule has 1 heterocycles. The molecule has 1 aromatic carbocycles. The maximum atomic E-state index is 12.4. The molecule has 0 unspecified atom stereocenters. The molecule has 0 atom stereocenters. The quantitative estimate of drug-likeness (QED) is 0.738. The molecule has 0 radical (unpaired) electrons. The van der Waals surface area contributed by atoms with Gasteiger partial charge in [0.05, 0.1) is 7.11 Å². The van der Waals surface area contributed by atoms with E-state index < -0.39 is 0 Å². The van der Waals surface area contributed by atoms with Crippen molar-refractivity contribution in [3.63, 3.8) is 0 Å². The number of carbonyl (C=O) groups is 2. The molecule has 6 nitrogen and oxygen atoms in total. The topological polar surface area (TPSA) is 71.5 Å². The normalized spacial score (nSPS) is 10.3. The highest BCUT2D eigenvalue weighted by Gasteiger charge is 2.15. The molecule has 0 saturated heterocycles. The average molecular weight is 369 g/mol. The summed E-state index contributed by atoms with van der Waals surface area (Å²) in [5.74, 6) is 0.329. The van der Waals surface area contributed by atoms with Gasteiger partial charge in [-0.2, -0.15) is 0 Å². The van der Waals surface area contributed by atoms with E-state index in [4.69, 9.17) is 4.74 Å². The van der Waals surface area contributed by atoms with E-state index in [1.165, 1.54) is 0 Å². The highest BCUT2D eigenvalue weighted by Crippen LogP contribution is 2.17. The minimum atomic E-state index is -0.296. The number of rotatable bonds is 9. The zero-order chi connectivity index (χ0) is 19.6. The number of nitrogens with one attached hydrogen (secondary N) is 1. The fraction of sp³-hybridized carbons (Fsp3) is 0.381. The second-order valence-corrected chi connectivity index (χ2v) is 6.31. The van der Waals surface area contributed by atoms with Crippen LogP contribution in [0.1, 0.15) is 46.3 Å². The molecule has 2 amide bonds. The number of aromatic nitrogens is 1. The van der Waals surface area contributed by atoms with Gasteiger partial charge in [0.1, 0.15) is 17.1 Å². The Morgan fingerprint density at radius 3 is 2.59 bits per heavy atom.